The molecule has 1 aromatic rings. The van der Waals surface area contributed by atoms with Crippen LogP contribution in [0.5, 0.6) is 5.75 Å². The minimum absolute atomic E-state index is 0. The summed E-state index contributed by atoms with van der Waals surface area (Å²) in [5.74, 6) is -0.144. The Kier molecular flexibility index (Phi) is 5.35. The monoisotopic (exact) mass is 193 g/mol. The minimum atomic E-state index is -2.91. The quantitative estimate of drug-likeness (QED) is 0.529. The molecule has 1 aromatic carbocycles. The number of halogens is 2. The molecule has 0 saturated heterocycles. The van der Waals surface area contributed by atoms with Gasteiger partial charge in [-0.15, -0.1) is 12.1 Å². The predicted octanol–water partition coefficient (Wildman–Crippen LogP) is 1.69. The molecule has 2 nitrogen and oxygen atoms in total. The molecule has 5 heteroatoms. The molecule has 0 N–H and O–H groups in total. The van der Waals surface area contributed by atoms with Crippen molar-refractivity contribution in [3.63, 3.8) is 0 Å². The van der Waals surface area contributed by atoms with Gasteiger partial charge < -0.3 is 6.16 Å². The molecule has 0 spiro atoms. The van der Waals surface area contributed by atoms with Crippen LogP contribution in [0.3, 0.4) is 0 Å². The zero-order chi connectivity index (χ0) is 8.97. The Labute approximate surface area is 91.8 Å². The van der Waals surface area contributed by atoms with E-state index in [-0.39, 0.29) is 35.8 Å². The van der Waals surface area contributed by atoms with Gasteiger partial charge in [-0.05, 0) is 5.56 Å². The Morgan fingerprint density at radius 1 is 1.62 bits per heavy atom. The van der Waals surface area contributed by atoms with E-state index in [0.29, 0.717) is 0 Å². The van der Waals surface area contributed by atoms with Crippen molar-refractivity contribution in [3.8, 4) is 11.8 Å². The summed E-state index contributed by atoms with van der Waals surface area (Å²) < 4.78 is 27.4. The number of rotatable bonds is 2. The largest absolute Gasteiger partial charge is 2.00 e. The van der Waals surface area contributed by atoms with E-state index < -0.39 is 6.61 Å². The molecule has 0 aliphatic rings. The summed E-state index contributed by atoms with van der Waals surface area (Å²) >= 11 is 0. The van der Waals surface area contributed by atoms with Crippen LogP contribution in [0.2, 0.25) is 0 Å². The molecular weight excluding hydrogens is 188 g/mol. The van der Waals surface area contributed by atoms with Gasteiger partial charge in [-0.25, -0.2) is 0 Å². The van der Waals surface area contributed by atoms with Crippen LogP contribution in [0.1, 0.15) is 6.99 Å². The van der Waals surface area contributed by atoms with Crippen LogP contribution in [0.15, 0.2) is 18.2 Å². The van der Waals surface area contributed by atoms with Gasteiger partial charge in [-0.2, -0.15) is 26.2 Å². The van der Waals surface area contributed by atoms with Crippen molar-refractivity contribution in [3.05, 3.63) is 29.8 Å². The molecule has 0 radical (unpaired) electrons. The van der Waals surface area contributed by atoms with Crippen molar-refractivity contribution in [2.75, 3.05) is 0 Å². The van der Waals surface area contributed by atoms with Crippen molar-refractivity contribution in [1.29, 1.82) is 5.26 Å². The third kappa shape index (κ3) is 3.57. The van der Waals surface area contributed by atoms with Crippen LogP contribution in [0.25, 0.3) is 0 Å². The molecule has 0 atom stereocenters. The van der Waals surface area contributed by atoms with Gasteiger partial charge in [-0.1, -0.05) is 0 Å². The average molecular weight is 193 g/mol. The molecular formula is C8H5F2MgNO. The number of nitriles is 1. The van der Waals surface area contributed by atoms with Gasteiger partial charge >= 0.3 is 29.7 Å². The van der Waals surface area contributed by atoms with E-state index in [0.717, 1.165) is 0 Å². The first-order valence-corrected chi connectivity index (χ1v) is 3.09. The second kappa shape index (κ2) is 5.73. The normalized spacial score (nSPS) is 8.77. The summed E-state index contributed by atoms with van der Waals surface area (Å²) in [5, 5.41) is 8.44. The third-order valence-electron chi connectivity index (χ3n) is 1.16. The Morgan fingerprint density at radius 3 is 2.85 bits per heavy atom. The maximum Gasteiger partial charge on any atom is 2.00 e. The fourth-order valence-electron chi connectivity index (χ4n) is 0.701. The van der Waals surface area contributed by atoms with Crippen molar-refractivity contribution >= 4 is 23.1 Å². The van der Waals surface area contributed by atoms with E-state index >= 15 is 0 Å². The number of nitrogens with zero attached hydrogens (tertiary/aromatic N) is 1. The molecule has 1 rings (SSSR count). The fourth-order valence-corrected chi connectivity index (χ4v) is 0.701. The van der Waals surface area contributed by atoms with Crippen LogP contribution in [-0.2, 0) is 0 Å². The van der Waals surface area contributed by atoms with E-state index in [2.05, 4.69) is 10.8 Å². The molecule has 0 aliphatic heterocycles. The second-order valence-corrected chi connectivity index (χ2v) is 1.91. The molecule has 0 unspecified atom stereocenters. The first kappa shape index (κ1) is 12.1. The predicted molar refractivity (Wildman–Crippen MR) is 43.5 cm³/mol. The van der Waals surface area contributed by atoms with E-state index in [9.17, 15) is 8.78 Å². The number of hydrogen-bond acceptors (Lipinski definition) is 2. The van der Waals surface area contributed by atoms with Crippen LogP contribution in [0, 0.1) is 17.4 Å². The molecule has 13 heavy (non-hydrogen) atoms. The molecule has 64 valence electrons. The number of ether oxygens (including phenoxy) is 1. The molecule has 0 fully saturated rings. The summed E-state index contributed by atoms with van der Waals surface area (Å²) in [5.41, 5.74) is 0.0778. The van der Waals surface area contributed by atoms with E-state index in [4.69, 9.17) is 5.26 Å². The molecule has 0 heterocycles. The minimum Gasteiger partial charge on any atom is -1.00 e. The summed E-state index contributed by atoms with van der Waals surface area (Å²) in [6.07, 6.45) is 0. The van der Waals surface area contributed by atoms with Crippen LogP contribution < -0.4 is 4.74 Å². The van der Waals surface area contributed by atoms with Gasteiger partial charge in [0.15, 0.2) is 0 Å². The number of benzene rings is 1. The van der Waals surface area contributed by atoms with E-state index in [1.54, 1.807) is 6.07 Å². The second-order valence-electron chi connectivity index (χ2n) is 1.91. The summed E-state index contributed by atoms with van der Waals surface area (Å²) in [6.45, 7) is -2.91. The zero-order valence-corrected chi connectivity index (χ0v) is 8.04. The van der Waals surface area contributed by atoms with Crippen molar-refractivity contribution in [1.82, 2.24) is 0 Å². The third-order valence-corrected chi connectivity index (χ3v) is 1.16. The Morgan fingerprint density at radius 2 is 2.31 bits per heavy atom. The van der Waals surface area contributed by atoms with Crippen molar-refractivity contribution < 1.29 is 14.9 Å². The van der Waals surface area contributed by atoms with Gasteiger partial charge in [-0.3, -0.25) is 0 Å². The topological polar surface area (TPSA) is 33.0 Å². The van der Waals surface area contributed by atoms with Crippen LogP contribution in [0.4, 0.5) is 8.78 Å². The molecule has 0 amide bonds. The van der Waals surface area contributed by atoms with Gasteiger partial charge in [0.05, 0.1) is 6.07 Å². The average Bonchev–Trinajstić information content (AvgIpc) is 2.04. The van der Waals surface area contributed by atoms with E-state index in [1.807, 2.05) is 0 Å². The van der Waals surface area contributed by atoms with Gasteiger partial charge in [0.1, 0.15) is 0 Å². The molecule has 0 aromatic heterocycles. The SMILES string of the molecule is N#Cc1cc[c-]cc1OC(F)F.[H-].[Mg+2]. The first-order valence-electron chi connectivity index (χ1n) is 3.09. The Hall–Kier alpha value is -0.864. The molecule has 0 aliphatic carbocycles. The smallest absolute Gasteiger partial charge is 1.00 e. The number of alkyl halides is 2. The standard InChI is InChI=1S/C8H4F2NO.Mg.H/c9-8(10)12-7-4-2-1-3-6(7)5-11;;/h1,3-4,8H;;/q-1;+2;-1. The maximum atomic E-state index is 11.7. The van der Waals surface area contributed by atoms with Crippen LogP contribution in [-0.4, -0.2) is 29.7 Å². The summed E-state index contributed by atoms with van der Waals surface area (Å²) in [7, 11) is 0. The van der Waals surface area contributed by atoms with Crippen LogP contribution >= 0.6 is 0 Å². The zero-order valence-electron chi connectivity index (χ0n) is 7.63. The summed E-state index contributed by atoms with van der Waals surface area (Å²) in [6, 6.07) is 8.27. The Bertz CT molecular complexity index is 316. The summed E-state index contributed by atoms with van der Waals surface area (Å²) in [4.78, 5) is 0. The van der Waals surface area contributed by atoms with Gasteiger partial charge in [0.2, 0.25) is 0 Å². The van der Waals surface area contributed by atoms with Gasteiger partial charge in [0.25, 0.3) is 0 Å². The van der Waals surface area contributed by atoms with Gasteiger partial charge in [0, 0.05) is 5.75 Å². The molecule has 0 saturated carbocycles. The number of hydrogen-bond donors (Lipinski definition) is 0. The van der Waals surface area contributed by atoms with Crippen molar-refractivity contribution in [2.24, 2.45) is 0 Å². The maximum absolute atomic E-state index is 11.7. The molecule has 0 bridgehead atoms. The van der Waals surface area contributed by atoms with E-state index in [1.165, 1.54) is 18.2 Å². The fraction of sp³-hybridized carbons (Fsp3) is 0.125. The van der Waals surface area contributed by atoms with Crippen molar-refractivity contribution in [2.45, 2.75) is 6.61 Å². The first-order chi connectivity index (χ1) is 5.74. The Balaban J connectivity index is 0.